The summed E-state index contributed by atoms with van der Waals surface area (Å²) in [6.45, 7) is 11.0. The van der Waals surface area contributed by atoms with Gasteiger partial charge in [0.2, 0.25) is 0 Å². The van der Waals surface area contributed by atoms with Crippen molar-refractivity contribution < 1.29 is 9.84 Å². The summed E-state index contributed by atoms with van der Waals surface area (Å²) in [5, 5.41) is 9.97. The average Bonchev–Trinajstić information content (AvgIpc) is 2.35. The molecule has 0 aromatic heterocycles. The number of ether oxygens (including phenoxy) is 1. The summed E-state index contributed by atoms with van der Waals surface area (Å²) in [5.74, 6) is 0. The number of aryl methyl sites for hydroxylation is 1. The number of nitrogens with zero attached hydrogens (tertiary/aromatic N) is 1. The van der Waals surface area contributed by atoms with Crippen molar-refractivity contribution in [1.82, 2.24) is 4.90 Å². The first kappa shape index (κ1) is 16.2. The zero-order valence-corrected chi connectivity index (χ0v) is 12.6. The van der Waals surface area contributed by atoms with Crippen molar-refractivity contribution in [3.8, 4) is 0 Å². The first-order valence-electron chi connectivity index (χ1n) is 7.08. The quantitative estimate of drug-likeness (QED) is 0.784. The SMILES string of the molecule is CCN(Cc1cccc(C)c1)CC(O)COC(C)C. The van der Waals surface area contributed by atoms with Crippen molar-refractivity contribution in [3.05, 3.63) is 35.4 Å². The molecule has 0 amide bonds. The molecule has 0 saturated heterocycles. The third kappa shape index (κ3) is 6.71. The van der Waals surface area contributed by atoms with Crippen LogP contribution in [0.3, 0.4) is 0 Å². The molecule has 0 aliphatic carbocycles. The number of benzene rings is 1. The van der Waals surface area contributed by atoms with Gasteiger partial charge in [-0.05, 0) is 32.9 Å². The molecule has 19 heavy (non-hydrogen) atoms. The zero-order valence-electron chi connectivity index (χ0n) is 12.6. The van der Waals surface area contributed by atoms with Crippen molar-refractivity contribution >= 4 is 0 Å². The van der Waals surface area contributed by atoms with E-state index in [9.17, 15) is 5.11 Å². The van der Waals surface area contributed by atoms with Gasteiger partial charge in [0.1, 0.15) is 0 Å². The van der Waals surface area contributed by atoms with Crippen molar-refractivity contribution in [2.75, 3.05) is 19.7 Å². The van der Waals surface area contributed by atoms with Gasteiger partial charge in [-0.1, -0.05) is 36.8 Å². The second-order valence-electron chi connectivity index (χ2n) is 5.35. The smallest absolute Gasteiger partial charge is 0.0900 e. The van der Waals surface area contributed by atoms with Gasteiger partial charge in [0.25, 0.3) is 0 Å². The summed E-state index contributed by atoms with van der Waals surface area (Å²) in [7, 11) is 0. The molecule has 0 fully saturated rings. The number of likely N-dealkylation sites (N-methyl/N-ethyl adjacent to an activating group) is 1. The summed E-state index contributed by atoms with van der Waals surface area (Å²) in [6.07, 6.45) is -0.256. The lowest BCUT2D eigenvalue weighted by Crippen LogP contribution is -2.35. The molecule has 108 valence electrons. The Morgan fingerprint density at radius 2 is 2.05 bits per heavy atom. The van der Waals surface area contributed by atoms with Crippen LogP contribution in [0.2, 0.25) is 0 Å². The van der Waals surface area contributed by atoms with Gasteiger partial charge >= 0.3 is 0 Å². The number of hydrogen-bond donors (Lipinski definition) is 1. The average molecular weight is 265 g/mol. The minimum Gasteiger partial charge on any atom is -0.389 e. The molecular weight excluding hydrogens is 238 g/mol. The van der Waals surface area contributed by atoms with Crippen molar-refractivity contribution in [2.45, 2.75) is 46.4 Å². The molecule has 1 aromatic rings. The van der Waals surface area contributed by atoms with Crippen LogP contribution in [0, 0.1) is 6.92 Å². The predicted molar refractivity (Wildman–Crippen MR) is 79.2 cm³/mol. The lowest BCUT2D eigenvalue weighted by atomic mass is 10.1. The largest absolute Gasteiger partial charge is 0.389 e. The molecule has 0 bridgehead atoms. The predicted octanol–water partition coefficient (Wildman–Crippen LogP) is 2.60. The molecule has 0 saturated carbocycles. The van der Waals surface area contributed by atoms with Gasteiger partial charge in [-0.15, -0.1) is 0 Å². The monoisotopic (exact) mass is 265 g/mol. The highest BCUT2D eigenvalue weighted by molar-refractivity contribution is 5.22. The zero-order chi connectivity index (χ0) is 14.3. The maximum atomic E-state index is 9.97. The second kappa shape index (κ2) is 8.31. The van der Waals surface area contributed by atoms with Gasteiger partial charge in [0.15, 0.2) is 0 Å². The number of aliphatic hydroxyl groups excluding tert-OH is 1. The first-order chi connectivity index (χ1) is 9.01. The topological polar surface area (TPSA) is 32.7 Å². The van der Waals surface area contributed by atoms with E-state index in [0.29, 0.717) is 13.2 Å². The Balaban J connectivity index is 2.45. The van der Waals surface area contributed by atoms with E-state index >= 15 is 0 Å². The Labute approximate surface area is 117 Å². The first-order valence-corrected chi connectivity index (χ1v) is 7.08. The molecule has 1 aromatic carbocycles. The van der Waals surface area contributed by atoms with E-state index in [4.69, 9.17) is 4.74 Å². The number of aliphatic hydroxyl groups is 1. The molecule has 0 aliphatic heterocycles. The second-order valence-corrected chi connectivity index (χ2v) is 5.35. The fourth-order valence-corrected chi connectivity index (χ4v) is 2.03. The van der Waals surface area contributed by atoms with Gasteiger partial charge in [-0.25, -0.2) is 0 Å². The van der Waals surface area contributed by atoms with Crippen LogP contribution >= 0.6 is 0 Å². The van der Waals surface area contributed by atoms with Gasteiger partial charge in [0.05, 0.1) is 18.8 Å². The maximum absolute atomic E-state index is 9.97. The molecule has 1 N–H and O–H groups in total. The Hall–Kier alpha value is -0.900. The van der Waals surface area contributed by atoms with E-state index in [-0.39, 0.29) is 6.10 Å². The van der Waals surface area contributed by atoms with E-state index in [2.05, 4.69) is 43.0 Å². The van der Waals surface area contributed by atoms with Crippen LogP contribution < -0.4 is 0 Å². The Bertz CT molecular complexity index is 366. The molecule has 1 atom stereocenters. The molecule has 0 spiro atoms. The van der Waals surface area contributed by atoms with Crippen LogP contribution in [-0.4, -0.2) is 41.9 Å². The Kier molecular flexibility index (Phi) is 7.06. The van der Waals surface area contributed by atoms with Crippen molar-refractivity contribution in [3.63, 3.8) is 0 Å². The molecule has 0 heterocycles. The van der Waals surface area contributed by atoms with E-state index in [1.807, 2.05) is 13.8 Å². The summed E-state index contributed by atoms with van der Waals surface area (Å²) in [6, 6.07) is 8.51. The summed E-state index contributed by atoms with van der Waals surface area (Å²) >= 11 is 0. The normalized spacial score (nSPS) is 13.2. The molecule has 0 radical (unpaired) electrons. The van der Waals surface area contributed by atoms with E-state index in [1.165, 1.54) is 11.1 Å². The molecular formula is C16H27NO2. The van der Waals surface area contributed by atoms with Crippen LogP contribution in [0.5, 0.6) is 0 Å². The number of rotatable bonds is 8. The molecule has 1 unspecified atom stereocenters. The Morgan fingerprint density at radius 3 is 2.63 bits per heavy atom. The highest BCUT2D eigenvalue weighted by atomic mass is 16.5. The number of hydrogen-bond acceptors (Lipinski definition) is 3. The van der Waals surface area contributed by atoms with Crippen molar-refractivity contribution in [1.29, 1.82) is 0 Å². The third-order valence-corrected chi connectivity index (χ3v) is 3.03. The highest BCUT2D eigenvalue weighted by Gasteiger charge is 2.11. The minimum absolute atomic E-state index is 0.168. The van der Waals surface area contributed by atoms with Crippen molar-refractivity contribution in [2.24, 2.45) is 0 Å². The Morgan fingerprint density at radius 1 is 1.32 bits per heavy atom. The molecule has 3 nitrogen and oxygen atoms in total. The minimum atomic E-state index is -0.424. The van der Waals surface area contributed by atoms with Crippen LogP contribution in [0.4, 0.5) is 0 Å². The summed E-state index contributed by atoms with van der Waals surface area (Å²) in [4.78, 5) is 2.24. The van der Waals surface area contributed by atoms with E-state index in [1.54, 1.807) is 0 Å². The lowest BCUT2D eigenvalue weighted by molar-refractivity contribution is -0.00886. The fourth-order valence-electron chi connectivity index (χ4n) is 2.03. The molecule has 1 rings (SSSR count). The molecule has 0 aliphatic rings. The van der Waals surface area contributed by atoms with Gasteiger partial charge in [0, 0.05) is 13.1 Å². The van der Waals surface area contributed by atoms with Crippen LogP contribution in [0.25, 0.3) is 0 Å². The van der Waals surface area contributed by atoms with Gasteiger partial charge in [-0.2, -0.15) is 0 Å². The van der Waals surface area contributed by atoms with Crippen LogP contribution in [0.1, 0.15) is 31.9 Å². The standard InChI is InChI=1S/C16H27NO2/c1-5-17(11-16(18)12-19-13(2)3)10-15-8-6-7-14(4)9-15/h6-9,13,16,18H,5,10-12H2,1-4H3. The molecule has 3 heteroatoms. The summed E-state index contributed by atoms with van der Waals surface area (Å²) < 4.78 is 5.44. The maximum Gasteiger partial charge on any atom is 0.0900 e. The van der Waals surface area contributed by atoms with Crippen LogP contribution in [0.15, 0.2) is 24.3 Å². The highest BCUT2D eigenvalue weighted by Crippen LogP contribution is 2.08. The van der Waals surface area contributed by atoms with Gasteiger partial charge in [-0.3, -0.25) is 4.90 Å². The summed E-state index contributed by atoms with van der Waals surface area (Å²) in [5.41, 5.74) is 2.57. The van der Waals surface area contributed by atoms with Crippen LogP contribution in [-0.2, 0) is 11.3 Å². The van der Waals surface area contributed by atoms with Gasteiger partial charge < -0.3 is 9.84 Å². The van der Waals surface area contributed by atoms with E-state index < -0.39 is 6.10 Å². The van der Waals surface area contributed by atoms with E-state index in [0.717, 1.165) is 13.1 Å². The third-order valence-electron chi connectivity index (χ3n) is 3.03. The lowest BCUT2D eigenvalue weighted by Gasteiger charge is -2.24. The fraction of sp³-hybridized carbons (Fsp3) is 0.625.